The number of aromatic nitrogens is 1. The average Bonchev–Trinajstić information content (AvgIpc) is 2.47. The molecular weight excluding hydrogens is 281 g/mol. The third kappa shape index (κ3) is 3.11. The number of non-ortho nitro benzene ring substituents is 1. The molecule has 1 heterocycles. The fraction of sp³-hybridized carbons (Fsp3) is 0.0769. The van der Waals surface area contributed by atoms with Crippen molar-refractivity contribution in [3.8, 4) is 5.88 Å². The zero-order valence-electron chi connectivity index (χ0n) is 10.9. The Hall–Kier alpha value is -3.03. The molecule has 0 radical (unpaired) electrons. The van der Waals surface area contributed by atoms with Gasteiger partial charge in [-0.15, -0.1) is 0 Å². The van der Waals surface area contributed by atoms with Gasteiger partial charge in [0.05, 0.1) is 17.6 Å². The van der Waals surface area contributed by atoms with Crippen LogP contribution in [0, 0.1) is 15.9 Å². The highest BCUT2D eigenvalue weighted by Crippen LogP contribution is 2.22. The molecule has 108 valence electrons. The van der Waals surface area contributed by atoms with E-state index in [1.54, 1.807) is 6.07 Å². The van der Waals surface area contributed by atoms with E-state index in [-0.39, 0.29) is 17.3 Å². The van der Waals surface area contributed by atoms with Gasteiger partial charge in [-0.25, -0.2) is 9.37 Å². The molecule has 0 unspecified atom stereocenters. The van der Waals surface area contributed by atoms with Gasteiger partial charge >= 0.3 is 0 Å². The number of carbonyl (C=O) groups excluding carboxylic acids is 1. The van der Waals surface area contributed by atoms with Crippen LogP contribution in [0.2, 0.25) is 0 Å². The van der Waals surface area contributed by atoms with Crippen LogP contribution in [0.4, 0.5) is 15.8 Å². The molecule has 0 bridgehead atoms. The number of pyridine rings is 1. The topological polar surface area (TPSA) is 94.4 Å². The molecule has 0 fully saturated rings. The van der Waals surface area contributed by atoms with Crippen molar-refractivity contribution in [2.24, 2.45) is 0 Å². The summed E-state index contributed by atoms with van der Waals surface area (Å²) in [7, 11) is 1.37. The molecular formula is C13H10FN3O4. The fourth-order valence-electron chi connectivity index (χ4n) is 1.64. The molecule has 0 aliphatic rings. The van der Waals surface area contributed by atoms with Crippen molar-refractivity contribution in [3.05, 3.63) is 58.0 Å². The van der Waals surface area contributed by atoms with Crippen LogP contribution in [-0.4, -0.2) is 22.9 Å². The van der Waals surface area contributed by atoms with E-state index in [2.05, 4.69) is 10.3 Å². The van der Waals surface area contributed by atoms with Crippen molar-refractivity contribution in [1.29, 1.82) is 0 Å². The van der Waals surface area contributed by atoms with Crippen LogP contribution in [0.25, 0.3) is 0 Å². The molecule has 1 N–H and O–H groups in total. The molecule has 1 aromatic heterocycles. The van der Waals surface area contributed by atoms with E-state index in [1.165, 1.54) is 19.4 Å². The lowest BCUT2D eigenvalue weighted by Crippen LogP contribution is -2.15. The van der Waals surface area contributed by atoms with E-state index in [4.69, 9.17) is 4.74 Å². The van der Waals surface area contributed by atoms with Crippen LogP contribution >= 0.6 is 0 Å². The quantitative estimate of drug-likeness (QED) is 0.689. The van der Waals surface area contributed by atoms with E-state index < -0.39 is 22.2 Å². The highest BCUT2D eigenvalue weighted by molar-refractivity contribution is 6.05. The van der Waals surface area contributed by atoms with E-state index in [9.17, 15) is 19.3 Å². The Morgan fingerprint density at radius 3 is 2.86 bits per heavy atom. The van der Waals surface area contributed by atoms with Crippen LogP contribution in [0.5, 0.6) is 5.88 Å². The largest absolute Gasteiger partial charge is 0.480 e. The van der Waals surface area contributed by atoms with Crippen LogP contribution < -0.4 is 10.1 Å². The maximum Gasteiger partial charge on any atom is 0.270 e. The van der Waals surface area contributed by atoms with Gasteiger partial charge in [-0.3, -0.25) is 14.9 Å². The summed E-state index contributed by atoms with van der Waals surface area (Å²) in [6.07, 6.45) is 1.46. The molecule has 21 heavy (non-hydrogen) atoms. The molecule has 0 saturated carbocycles. The summed E-state index contributed by atoms with van der Waals surface area (Å²) in [5.41, 5.74) is -0.578. The number of amides is 1. The Balaban J connectivity index is 2.32. The highest BCUT2D eigenvalue weighted by Gasteiger charge is 2.18. The lowest BCUT2D eigenvalue weighted by molar-refractivity contribution is -0.384. The number of benzene rings is 1. The van der Waals surface area contributed by atoms with Gasteiger partial charge in [-0.2, -0.15) is 0 Å². The van der Waals surface area contributed by atoms with Crippen molar-refractivity contribution < 1.29 is 18.8 Å². The Bertz CT molecular complexity index is 706. The first-order valence-corrected chi connectivity index (χ1v) is 5.77. The van der Waals surface area contributed by atoms with Gasteiger partial charge in [0.2, 0.25) is 5.88 Å². The molecule has 0 aliphatic carbocycles. The minimum Gasteiger partial charge on any atom is -0.480 e. The number of hydrogen-bond donors (Lipinski definition) is 1. The SMILES string of the molecule is COc1ncccc1NC(=O)c1cc([N+](=O)[O-])ccc1F. The van der Waals surface area contributed by atoms with Gasteiger partial charge in [-0.05, 0) is 18.2 Å². The summed E-state index contributed by atoms with van der Waals surface area (Å²) in [5.74, 6) is -1.54. The molecule has 7 nitrogen and oxygen atoms in total. The number of hydrogen-bond acceptors (Lipinski definition) is 5. The number of nitro groups is 1. The van der Waals surface area contributed by atoms with Gasteiger partial charge in [-0.1, -0.05) is 0 Å². The van der Waals surface area contributed by atoms with Gasteiger partial charge < -0.3 is 10.1 Å². The van der Waals surface area contributed by atoms with Crippen molar-refractivity contribution in [1.82, 2.24) is 4.98 Å². The first-order valence-electron chi connectivity index (χ1n) is 5.77. The summed E-state index contributed by atoms with van der Waals surface area (Å²) in [4.78, 5) is 25.9. The monoisotopic (exact) mass is 291 g/mol. The zero-order valence-corrected chi connectivity index (χ0v) is 10.9. The Morgan fingerprint density at radius 1 is 1.43 bits per heavy atom. The summed E-state index contributed by atoms with van der Waals surface area (Å²) >= 11 is 0. The van der Waals surface area contributed by atoms with Crippen molar-refractivity contribution in [2.75, 3.05) is 12.4 Å². The lowest BCUT2D eigenvalue weighted by Gasteiger charge is -2.09. The second-order valence-corrected chi connectivity index (χ2v) is 3.94. The number of halogens is 1. The third-order valence-corrected chi connectivity index (χ3v) is 2.62. The van der Waals surface area contributed by atoms with E-state index >= 15 is 0 Å². The zero-order chi connectivity index (χ0) is 15.4. The van der Waals surface area contributed by atoms with E-state index in [0.717, 1.165) is 18.2 Å². The molecule has 0 atom stereocenters. The number of methoxy groups -OCH3 is 1. The second-order valence-electron chi connectivity index (χ2n) is 3.94. The number of nitrogens with zero attached hydrogens (tertiary/aromatic N) is 2. The number of carbonyl (C=O) groups is 1. The van der Waals surface area contributed by atoms with Crippen LogP contribution in [0.15, 0.2) is 36.5 Å². The van der Waals surface area contributed by atoms with Crippen molar-refractivity contribution in [3.63, 3.8) is 0 Å². The summed E-state index contributed by atoms with van der Waals surface area (Å²) in [6.45, 7) is 0. The number of nitro benzene ring substituents is 1. The van der Waals surface area contributed by atoms with Gasteiger partial charge in [0.15, 0.2) is 0 Å². The molecule has 1 amide bonds. The second kappa shape index (κ2) is 5.95. The molecule has 8 heteroatoms. The van der Waals surface area contributed by atoms with Crippen LogP contribution in [0.3, 0.4) is 0 Å². The van der Waals surface area contributed by atoms with E-state index in [1.807, 2.05) is 0 Å². The molecule has 0 saturated heterocycles. The molecule has 0 spiro atoms. The Morgan fingerprint density at radius 2 is 2.19 bits per heavy atom. The maximum absolute atomic E-state index is 13.6. The predicted molar refractivity (Wildman–Crippen MR) is 71.8 cm³/mol. The summed E-state index contributed by atoms with van der Waals surface area (Å²) < 4.78 is 18.6. The van der Waals surface area contributed by atoms with Crippen molar-refractivity contribution in [2.45, 2.75) is 0 Å². The fourth-order valence-corrected chi connectivity index (χ4v) is 1.64. The minimum atomic E-state index is -0.860. The van der Waals surface area contributed by atoms with Crippen LogP contribution in [-0.2, 0) is 0 Å². The standard InChI is InChI=1S/C13H10FN3O4/c1-21-13-11(3-2-6-15-13)16-12(18)9-7-8(17(19)20)4-5-10(9)14/h2-7H,1H3,(H,16,18). The lowest BCUT2D eigenvalue weighted by atomic mass is 10.1. The average molecular weight is 291 g/mol. The smallest absolute Gasteiger partial charge is 0.270 e. The Kier molecular flexibility index (Phi) is 4.07. The van der Waals surface area contributed by atoms with Crippen molar-refractivity contribution >= 4 is 17.3 Å². The maximum atomic E-state index is 13.6. The predicted octanol–water partition coefficient (Wildman–Crippen LogP) is 2.39. The first kappa shape index (κ1) is 14.4. The molecule has 0 aliphatic heterocycles. The van der Waals surface area contributed by atoms with Gasteiger partial charge in [0, 0.05) is 18.3 Å². The summed E-state index contributed by atoms with van der Waals surface area (Å²) in [6, 6.07) is 5.79. The molecule has 2 aromatic rings. The van der Waals surface area contributed by atoms with E-state index in [0.29, 0.717) is 0 Å². The molecule has 1 aromatic carbocycles. The Labute approximate surface area is 118 Å². The number of ether oxygens (including phenoxy) is 1. The van der Waals surface area contributed by atoms with Gasteiger partial charge in [0.25, 0.3) is 11.6 Å². The number of rotatable bonds is 4. The highest BCUT2D eigenvalue weighted by atomic mass is 19.1. The summed E-state index contributed by atoms with van der Waals surface area (Å²) in [5, 5.41) is 13.1. The number of anilines is 1. The third-order valence-electron chi connectivity index (χ3n) is 2.62. The van der Waals surface area contributed by atoms with Crippen LogP contribution in [0.1, 0.15) is 10.4 Å². The molecule has 2 rings (SSSR count). The number of nitrogens with one attached hydrogen (secondary N) is 1. The van der Waals surface area contributed by atoms with Gasteiger partial charge in [0.1, 0.15) is 11.5 Å². The normalized spacial score (nSPS) is 10.0. The first-order chi connectivity index (χ1) is 10.0. The minimum absolute atomic E-state index is 0.150.